The third-order valence-electron chi connectivity index (χ3n) is 10.9. The molecule has 3 aromatic rings. The Morgan fingerprint density at radius 2 is 1.77 bits per heavy atom. The van der Waals surface area contributed by atoms with Gasteiger partial charge in [0.1, 0.15) is 0 Å². The van der Waals surface area contributed by atoms with Crippen LogP contribution in [0.2, 0.25) is 10.0 Å². The van der Waals surface area contributed by atoms with Crippen molar-refractivity contribution in [2.24, 2.45) is 30.2 Å². The first-order valence-electron chi connectivity index (χ1n) is 16.5. The summed E-state index contributed by atoms with van der Waals surface area (Å²) in [6, 6.07) is 6.96. The highest BCUT2D eigenvalue weighted by molar-refractivity contribution is 6.39. The number of nitrogens with one attached hydrogen (secondary N) is 3. The zero-order chi connectivity index (χ0) is 33.2. The first-order valence-corrected chi connectivity index (χ1v) is 17.2. The number of fused-ring (bicyclic) bond motifs is 2. The number of rotatable bonds is 8. The Labute approximate surface area is 281 Å². The van der Waals surface area contributed by atoms with Crippen LogP contribution >= 0.6 is 23.2 Å². The highest BCUT2D eigenvalue weighted by atomic mass is 35.5. The van der Waals surface area contributed by atoms with Gasteiger partial charge in [0.05, 0.1) is 43.9 Å². The molecule has 2 atom stereocenters. The molecule has 3 aliphatic carbocycles. The number of halogens is 5. The third kappa shape index (κ3) is 6.25. The fraction of sp³-hybridized carbons (Fsp3) is 0.559. The first kappa shape index (κ1) is 32.4. The van der Waals surface area contributed by atoms with E-state index >= 15 is 0 Å². The maximum absolute atomic E-state index is 13.7. The topological polar surface area (TPSA) is 91.3 Å². The van der Waals surface area contributed by atoms with Gasteiger partial charge in [-0.3, -0.25) is 9.59 Å². The van der Waals surface area contributed by atoms with Gasteiger partial charge >= 0.3 is 6.18 Å². The van der Waals surface area contributed by atoms with Crippen LogP contribution in [0.15, 0.2) is 24.3 Å². The fourth-order valence-corrected chi connectivity index (χ4v) is 8.02. The van der Waals surface area contributed by atoms with Crippen LogP contribution in [0, 0.1) is 23.2 Å². The number of carbonyl (C=O) groups is 2. The number of hydrogen-bond acceptors (Lipinski definition) is 5. The normalized spacial score (nSPS) is 24.9. The highest BCUT2D eigenvalue weighted by Gasteiger charge is 2.46. The van der Waals surface area contributed by atoms with Crippen LogP contribution in [0.3, 0.4) is 0 Å². The second-order valence-corrected chi connectivity index (χ2v) is 15.0. The Bertz CT molecular complexity index is 1720. The Morgan fingerprint density at radius 3 is 2.40 bits per heavy atom. The summed E-state index contributed by atoms with van der Waals surface area (Å²) in [5.74, 6) is 0.122. The maximum atomic E-state index is 13.7. The van der Waals surface area contributed by atoms with E-state index in [2.05, 4.69) is 20.9 Å². The molecule has 1 aliphatic heterocycles. The zero-order valence-corrected chi connectivity index (χ0v) is 28.0. The number of carbonyl (C=O) groups excluding carboxylic acids is 2. The van der Waals surface area contributed by atoms with Crippen molar-refractivity contribution in [2.75, 3.05) is 23.3 Å². The molecule has 2 unspecified atom stereocenters. The van der Waals surface area contributed by atoms with Crippen LogP contribution in [0.4, 0.5) is 30.5 Å². The van der Waals surface area contributed by atoms with Gasteiger partial charge in [-0.15, -0.1) is 0 Å². The Morgan fingerprint density at radius 1 is 1.06 bits per heavy atom. The maximum Gasteiger partial charge on any atom is 0.391 e. The third-order valence-corrected chi connectivity index (χ3v) is 11.7. The molecule has 4 aliphatic rings. The molecule has 1 aromatic heterocycles. The predicted molar refractivity (Wildman–Crippen MR) is 177 cm³/mol. The van der Waals surface area contributed by atoms with Crippen molar-refractivity contribution in [1.29, 1.82) is 0 Å². The van der Waals surface area contributed by atoms with Crippen molar-refractivity contribution in [3.8, 4) is 0 Å². The number of nitrogens with zero attached hydrogens (tertiary/aromatic N) is 3. The molecule has 8 nitrogen and oxygen atoms in total. The van der Waals surface area contributed by atoms with Gasteiger partial charge in [-0.05, 0) is 80.5 Å². The average molecular weight is 692 g/mol. The monoisotopic (exact) mass is 690 g/mol. The molecular weight excluding hydrogens is 652 g/mol. The van der Waals surface area contributed by atoms with Gasteiger partial charge in [-0.25, -0.2) is 4.98 Å². The lowest BCUT2D eigenvalue weighted by atomic mass is 9.70. The highest BCUT2D eigenvalue weighted by Crippen LogP contribution is 2.48. The minimum absolute atomic E-state index is 0.0135. The van der Waals surface area contributed by atoms with Crippen LogP contribution < -0.4 is 20.9 Å². The lowest BCUT2D eigenvalue weighted by molar-refractivity contribution is -0.182. The van der Waals surface area contributed by atoms with Gasteiger partial charge in [0.25, 0.3) is 5.91 Å². The number of amides is 2. The molecule has 1 saturated heterocycles. The van der Waals surface area contributed by atoms with E-state index in [0.717, 1.165) is 43.6 Å². The number of imidazole rings is 1. The molecule has 252 valence electrons. The number of piperidine rings is 1. The Balaban J connectivity index is 1.14. The van der Waals surface area contributed by atoms with E-state index in [0.29, 0.717) is 63.0 Å². The van der Waals surface area contributed by atoms with Gasteiger partial charge < -0.3 is 25.4 Å². The SMILES string of the molecule is Cn1c(Nc2c(Cl)ccc(CNC(=O)C3(C)CCC3)c2Cl)nc2cc(C(=O)NC3CCC(C(F)(F)F)CC3)c(N3CC4CC4C3)cc21. The van der Waals surface area contributed by atoms with E-state index in [1.807, 2.05) is 24.6 Å². The van der Waals surface area contributed by atoms with Crippen LogP contribution in [0.25, 0.3) is 11.0 Å². The minimum atomic E-state index is -4.20. The summed E-state index contributed by atoms with van der Waals surface area (Å²) in [7, 11) is 1.87. The molecule has 0 spiro atoms. The summed E-state index contributed by atoms with van der Waals surface area (Å²) < 4.78 is 41.5. The summed E-state index contributed by atoms with van der Waals surface area (Å²) in [6.45, 7) is 3.97. The van der Waals surface area contributed by atoms with Crippen molar-refractivity contribution in [3.63, 3.8) is 0 Å². The first-order chi connectivity index (χ1) is 22.3. The number of aromatic nitrogens is 2. The van der Waals surface area contributed by atoms with E-state index in [1.54, 1.807) is 18.2 Å². The molecule has 0 radical (unpaired) electrons. The standard InChI is InChI=1S/C34H39Cl2F3N6O2/c1-33(10-3-11-33)31(47)40-15-18-4-9-24(35)29(28(18)36)43-32-42-25-13-23(30(46)41-22-7-5-21(6-8-22)34(37,38)39)26(14-27(25)44(32)2)45-16-19-12-20(19)17-45/h4,9,13-14,19-22H,3,5-8,10-12,15-17H2,1-2H3,(H,40,47)(H,41,46)(H,42,43). The molecule has 7 rings (SSSR count). The van der Waals surface area contributed by atoms with Gasteiger partial charge in [-0.2, -0.15) is 13.2 Å². The van der Waals surface area contributed by atoms with E-state index in [-0.39, 0.29) is 42.7 Å². The zero-order valence-electron chi connectivity index (χ0n) is 26.4. The lowest BCUT2D eigenvalue weighted by Gasteiger charge is -2.36. The molecule has 0 bridgehead atoms. The number of anilines is 3. The number of alkyl halides is 3. The minimum Gasteiger partial charge on any atom is -0.370 e. The molecule has 13 heteroatoms. The number of hydrogen-bond donors (Lipinski definition) is 3. The van der Waals surface area contributed by atoms with Gasteiger partial charge in [0.15, 0.2) is 0 Å². The second-order valence-electron chi connectivity index (χ2n) is 14.2. The van der Waals surface area contributed by atoms with E-state index in [9.17, 15) is 22.8 Å². The summed E-state index contributed by atoms with van der Waals surface area (Å²) in [5.41, 5.74) is 3.49. The summed E-state index contributed by atoms with van der Waals surface area (Å²) in [5, 5.41) is 10.1. The van der Waals surface area contributed by atoms with Crippen molar-refractivity contribution >= 4 is 63.4 Å². The van der Waals surface area contributed by atoms with Crippen LogP contribution in [0.1, 0.15) is 74.2 Å². The average Bonchev–Trinajstić information content (AvgIpc) is 3.50. The Hall–Kier alpha value is -3.18. The van der Waals surface area contributed by atoms with E-state index in [1.165, 1.54) is 6.42 Å². The molecule has 3 N–H and O–H groups in total. The van der Waals surface area contributed by atoms with Gasteiger partial charge in [-0.1, -0.05) is 42.6 Å². The largest absolute Gasteiger partial charge is 0.391 e. The van der Waals surface area contributed by atoms with Gasteiger partial charge in [0.2, 0.25) is 11.9 Å². The number of aryl methyl sites for hydroxylation is 1. The molecule has 47 heavy (non-hydrogen) atoms. The molecule has 3 saturated carbocycles. The number of benzene rings is 2. The summed E-state index contributed by atoms with van der Waals surface area (Å²) in [6.07, 6.45) is 0.424. The molecule has 4 fully saturated rings. The van der Waals surface area contributed by atoms with E-state index < -0.39 is 12.1 Å². The molecule has 2 heterocycles. The van der Waals surface area contributed by atoms with Crippen molar-refractivity contribution in [3.05, 3.63) is 45.4 Å². The fourth-order valence-electron chi connectivity index (χ4n) is 7.49. The lowest BCUT2D eigenvalue weighted by Crippen LogP contribution is -2.43. The van der Waals surface area contributed by atoms with Crippen molar-refractivity contribution < 1.29 is 22.8 Å². The van der Waals surface area contributed by atoms with Crippen LogP contribution in [-0.4, -0.2) is 46.7 Å². The quantitative estimate of drug-likeness (QED) is 0.225. The van der Waals surface area contributed by atoms with E-state index in [4.69, 9.17) is 28.2 Å². The van der Waals surface area contributed by atoms with Crippen molar-refractivity contribution in [1.82, 2.24) is 20.2 Å². The summed E-state index contributed by atoms with van der Waals surface area (Å²) in [4.78, 5) is 33.5. The molecule has 2 aromatic carbocycles. The predicted octanol–water partition coefficient (Wildman–Crippen LogP) is 7.74. The molecule has 2 amide bonds. The van der Waals surface area contributed by atoms with Crippen LogP contribution in [-0.2, 0) is 18.4 Å². The second kappa shape index (κ2) is 12.1. The van der Waals surface area contributed by atoms with Crippen LogP contribution in [0.5, 0.6) is 0 Å². The molecular formula is C34H39Cl2F3N6O2. The van der Waals surface area contributed by atoms with Crippen molar-refractivity contribution in [2.45, 2.75) is 77.1 Å². The summed E-state index contributed by atoms with van der Waals surface area (Å²) >= 11 is 13.4. The smallest absolute Gasteiger partial charge is 0.370 e. The Kier molecular flexibility index (Phi) is 8.30. The van der Waals surface area contributed by atoms with Gasteiger partial charge in [0, 0.05) is 38.1 Å².